The molecule has 2 rings (SSSR count). The first-order valence-corrected chi connectivity index (χ1v) is 4.58. The summed E-state index contributed by atoms with van der Waals surface area (Å²) >= 11 is 0. The van der Waals surface area contributed by atoms with E-state index < -0.39 is 6.10 Å². The highest BCUT2D eigenvalue weighted by atomic mass is 16.5. The van der Waals surface area contributed by atoms with Gasteiger partial charge in [0, 0.05) is 0 Å². The van der Waals surface area contributed by atoms with Crippen molar-refractivity contribution in [2.45, 2.75) is 19.4 Å². The smallest absolute Gasteiger partial charge is 0.265 e. The predicted octanol–water partition coefficient (Wildman–Crippen LogP) is 1.38. The minimum atomic E-state index is -0.399. The first-order chi connectivity index (χ1) is 6.72. The average molecular weight is 192 g/mol. The third-order valence-corrected chi connectivity index (χ3v) is 2.24. The Morgan fingerprint density at radius 2 is 2.36 bits per heavy atom. The van der Waals surface area contributed by atoms with Crippen LogP contribution in [0.4, 0.5) is 11.4 Å². The fourth-order valence-corrected chi connectivity index (χ4v) is 1.46. The number of hydrogen-bond acceptors (Lipinski definition) is 3. The maximum absolute atomic E-state index is 11.4. The summed E-state index contributed by atoms with van der Waals surface area (Å²) in [5.74, 6) is 0.523. The number of amides is 1. The first-order valence-electron chi connectivity index (χ1n) is 4.58. The first kappa shape index (κ1) is 8.87. The van der Waals surface area contributed by atoms with Gasteiger partial charge in [0.15, 0.2) is 6.10 Å². The van der Waals surface area contributed by atoms with E-state index in [2.05, 4.69) is 5.32 Å². The number of nitrogen functional groups attached to an aromatic ring is 1. The zero-order valence-electron chi connectivity index (χ0n) is 7.91. The van der Waals surface area contributed by atoms with Crippen LogP contribution in [0, 0.1) is 0 Å². The maximum atomic E-state index is 11.4. The van der Waals surface area contributed by atoms with Crippen molar-refractivity contribution < 1.29 is 9.53 Å². The maximum Gasteiger partial charge on any atom is 0.265 e. The fraction of sp³-hybridized carbons (Fsp3) is 0.300. The third-order valence-electron chi connectivity index (χ3n) is 2.24. The van der Waals surface area contributed by atoms with E-state index in [-0.39, 0.29) is 5.91 Å². The Labute approximate surface area is 82.1 Å². The minimum absolute atomic E-state index is 0.127. The molecule has 0 radical (unpaired) electrons. The van der Waals surface area contributed by atoms with Gasteiger partial charge in [-0.1, -0.05) is 13.0 Å². The van der Waals surface area contributed by atoms with Crippen molar-refractivity contribution in [3.8, 4) is 5.75 Å². The van der Waals surface area contributed by atoms with Gasteiger partial charge in [0.2, 0.25) is 0 Å². The van der Waals surface area contributed by atoms with Gasteiger partial charge in [-0.3, -0.25) is 4.79 Å². The van der Waals surface area contributed by atoms with E-state index in [1.165, 1.54) is 0 Å². The molecule has 1 aromatic rings. The Morgan fingerprint density at radius 3 is 3.07 bits per heavy atom. The molecule has 1 aliphatic rings. The molecule has 0 spiro atoms. The standard InChI is InChI=1S/C10H12N2O2/c1-2-7-10(13)12-9-6(11)4-3-5-8(9)14-7/h3-5,7H,2,11H2,1H3,(H,12,13)/t7-/m0/s1. The van der Waals surface area contributed by atoms with E-state index in [9.17, 15) is 4.79 Å². The number of anilines is 2. The molecule has 0 saturated carbocycles. The zero-order valence-corrected chi connectivity index (χ0v) is 7.91. The fourth-order valence-electron chi connectivity index (χ4n) is 1.46. The number of hydrogen-bond donors (Lipinski definition) is 2. The normalized spacial score (nSPS) is 19.5. The second-order valence-electron chi connectivity index (χ2n) is 3.22. The number of ether oxygens (including phenoxy) is 1. The molecule has 14 heavy (non-hydrogen) atoms. The van der Waals surface area contributed by atoms with Crippen LogP contribution in [0.25, 0.3) is 0 Å². The molecule has 3 N–H and O–H groups in total. The Bertz CT molecular complexity index is 376. The van der Waals surface area contributed by atoms with Gasteiger partial charge in [0.05, 0.1) is 5.69 Å². The Morgan fingerprint density at radius 1 is 1.57 bits per heavy atom. The molecule has 74 valence electrons. The Kier molecular flexibility index (Phi) is 2.04. The lowest BCUT2D eigenvalue weighted by Gasteiger charge is -2.25. The number of nitrogens with one attached hydrogen (secondary N) is 1. The molecule has 0 saturated heterocycles. The summed E-state index contributed by atoms with van der Waals surface area (Å²) in [6.45, 7) is 1.90. The van der Waals surface area contributed by atoms with Crippen LogP contribution in [0.3, 0.4) is 0 Å². The molecule has 0 aromatic heterocycles. The second kappa shape index (κ2) is 3.21. The second-order valence-corrected chi connectivity index (χ2v) is 3.22. The molecule has 1 atom stereocenters. The Balaban J connectivity index is 2.40. The van der Waals surface area contributed by atoms with Crippen LogP contribution in [0.1, 0.15) is 13.3 Å². The SMILES string of the molecule is CC[C@@H]1Oc2cccc(N)c2NC1=O. The number of benzene rings is 1. The van der Waals surface area contributed by atoms with E-state index >= 15 is 0 Å². The van der Waals surface area contributed by atoms with Gasteiger partial charge in [-0.2, -0.15) is 0 Å². The van der Waals surface area contributed by atoms with Crippen LogP contribution in [0.2, 0.25) is 0 Å². The highest BCUT2D eigenvalue weighted by Crippen LogP contribution is 2.34. The number of rotatable bonds is 1. The molecule has 1 aromatic carbocycles. The van der Waals surface area contributed by atoms with Crippen LogP contribution in [0.5, 0.6) is 5.75 Å². The topological polar surface area (TPSA) is 64.3 Å². The summed E-state index contributed by atoms with van der Waals surface area (Å²) in [6.07, 6.45) is 0.254. The summed E-state index contributed by atoms with van der Waals surface area (Å²) in [6, 6.07) is 5.33. The molecule has 4 heteroatoms. The molecule has 0 bridgehead atoms. The summed E-state index contributed by atoms with van der Waals surface area (Å²) in [5, 5.41) is 2.74. The van der Waals surface area contributed by atoms with Crippen LogP contribution in [-0.2, 0) is 4.79 Å². The quantitative estimate of drug-likeness (QED) is 0.660. The van der Waals surface area contributed by atoms with Gasteiger partial charge in [0.1, 0.15) is 11.4 Å². The van der Waals surface area contributed by atoms with Crippen LogP contribution >= 0.6 is 0 Å². The van der Waals surface area contributed by atoms with Gasteiger partial charge in [-0.25, -0.2) is 0 Å². The van der Waals surface area contributed by atoms with Gasteiger partial charge in [-0.05, 0) is 18.6 Å². The molecule has 1 heterocycles. The highest BCUT2D eigenvalue weighted by Gasteiger charge is 2.26. The minimum Gasteiger partial charge on any atom is -0.478 e. The summed E-state index contributed by atoms with van der Waals surface area (Å²) in [7, 11) is 0. The van der Waals surface area contributed by atoms with Gasteiger partial charge < -0.3 is 15.8 Å². The number of nitrogens with two attached hydrogens (primary N) is 1. The number of carbonyl (C=O) groups is 1. The molecule has 0 unspecified atom stereocenters. The average Bonchev–Trinajstić information content (AvgIpc) is 2.19. The van der Waals surface area contributed by atoms with E-state index in [4.69, 9.17) is 10.5 Å². The number of fused-ring (bicyclic) bond motifs is 1. The van der Waals surface area contributed by atoms with Crippen molar-refractivity contribution in [3.63, 3.8) is 0 Å². The largest absolute Gasteiger partial charge is 0.478 e. The third kappa shape index (κ3) is 1.28. The van der Waals surface area contributed by atoms with E-state index in [1.54, 1.807) is 18.2 Å². The van der Waals surface area contributed by atoms with Crippen molar-refractivity contribution in [2.24, 2.45) is 0 Å². The molecular weight excluding hydrogens is 180 g/mol. The summed E-state index contributed by atoms with van der Waals surface area (Å²) in [5.41, 5.74) is 6.81. The van der Waals surface area contributed by atoms with Crippen molar-refractivity contribution in [2.75, 3.05) is 11.1 Å². The van der Waals surface area contributed by atoms with Crippen molar-refractivity contribution >= 4 is 17.3 Å². The van der Waals surface area contributed by atoms with E-state index in [0.29, 0.717) is 23.5 Å². The lowest BCUT2D eigenvalue weighted by atomic mass is 10.1. The lowest BCUT2D eigenvalue weighted by molar-refractivity contribution is -0.123. The highest BCUT2D eigenvalue weighted by molar-refractivity contribution is 6.00. The zero-order chi connectivity index (χ0) is 10.1. The number of para-hydroxylation sites is 1. The van der Waals surface area contributed by atoms with E-state index in [1.807, 2.05) is 6.92 Å². The molecule has 0 aliphatic carbocycles. The monoisotopic (exact) mass is 192 g/mol. The summed E-state index contributed by atoms with van der Waals surface area (Å²) < 4.78 is 5.48. The van der Waals surface area contributed by atoms with Crippen LogP contribution < -0.4 is 15.8 Å². The number of carbonyl (C=O) groups excluding carboxylic acids is 1. The molecule has 1 amide bonds. The van der Waals surface area contributed by atoms with E-state index in [0.717, 1.165) is 0 Å². The van der Waals surface area contributed by atoms with Gasteiger partial charge >= 0.3 is 0 Å². The predicted molar refractivity (Wildman–Crippen MR) is 54.2 cm³/mol. The summed E-state index contributed by atoms with van der Waals surface area (Å²) in [4.78, 5) is 11.4. The van der Waals surface area contributed by atoms with Crippen molar-refractivity contribution in [3.05, 3.63) is 18.2 Å². The van der Waals surface area contributed by atoms with Crippen LogP contribution in [-0.4, -0.2) is 12.0 Å². The van der Waals surface area contributed by atoms with Crippen molar-refractivity contribution in [1.82, 2.24) is 0 Å². The molecule has 1 aliphatic heterocycles. The van der Waals surface area contributed by atoms with Gasteiger partial charge in [0.25, 0.3) is 5.91 Å². The Hall–Kier alpha value is -1.71. The molecule has 4 nitrogen and oxygen atoms in total. The lowest BCUT2D eigenvalue weighted by Crippen LogP contribution is -2.36. The molecule has 0 fully saturated rings. The van der Waals surface area contributed by atoms with Crippen LogP contribution in [0.15, 0.2) is 18.2 Å². The van der Waals surface area contributed by atoms with Gasteiger partial charge in [-0.15, -0.1) is 0 Å². The molecular formula is C10H12N2O2. The van der Waals surface area contributed by atoms with Crippen molar-refractivity contribution in [1.29, 1.82) is 0 Å².